The molecule has 3 heterocycles. The monoisotopic (exact) mass is 389 g/mol. The van der Waals surface area contributed by atoms with Crippen LogP contribution in [0.4, 0.5) is 0 Å². The van der Waals surface area contributed by atoms with Gasteiger partial charge in [0.1, 0.15) is 16.4 Å². The van der Waals surface area contributed by atoms with Gasteiger partial charge in [0.05, 0.1) is 17.9 Å². The maximum absolute atomic E-state index is 13.1. The Morgan fingerprint density at radius 2 is 2.00 bits per heavy atom. The van der Waals surface area contributed by atoms with Crippen molar-refractivity contribution in [3.05, 3.63) is 74.8 Å². The highest BCUT2D eigenvalue weighted by Crippen LogP contribution is 2.33. The highest BCUT2D eigenvalue weighted by Gasteiger charge is 2.21. The second kappa shape index (κ2) is 6.87. The first-order valence-electron chi connectivity index (χ1n) is 9.43. The Morgan fingerprint density at radius 3 is 2.79 bits per heavy atom. The number of benzene rings is 1. The molecule has 0 bridgehead atoms. The van der Waals surface area contributed by atoms with Gasteiger partial charge in [-0.1, -0.05) is 24.3 Å². The molecule has 5 rings (SSSR count). The summed E-state index contributed by atoms with van der Waals surface area (Å²) in [5.74, 6) is 1.44. The summed E-state index contributed by atoms with van der Waals surface area (Å²) in [4.78, 5) is 19.9. The summed E-state index contributed by atoms with van der Waals surface area (Å²) in [6.07, 6.45) is 7.71. The van der Waals surface area contributed by atoms with Crippen molar-refractivity contribution < 1.29 is 4.42 Å². The van der Waals surface area contributed by atoms with E-state index in [0.29, 0.717) is 5.82 Å². The molecule has 0 amide bonds. The zero-order valence-corrected chi connectivity index (χ0v) is 16.3. The fraction of sp³-hybridized carbons (Fsp3) is 0.227. The van der Waals surface area contributed by atoms with Gasteiger partial charge in [-0.3, -0.25) is 4.79 Å². The number of aryl methyl sites for hydroxylation is 3. The average Bonchev–Trinajstić information content (AvgIpc) is 3.36. The van der Waals surface area contributed by atoms with Crippen molar-refractivity contribution in [1.29, 1.82) is 0 Å². The Morgan fingerprint density at radius 1 is 1.18 bits per heavy atom. The van der Waals surface area contributed by atoms with Crippen molar-refractivity contribution in [3.8, 4) is 11.3 Å². The van der Waals surface area contributed by atoms with E-state index in [2.05, 4.69) is 10.1 Å². The largest absolute Gasteiger partial charge is 0.464 e. The molecule has 1 aliphatic carbocycles. The number of hydrogen-bond acceptors (Lipinski definition) is 5. The summed E-state index contributed by atoms with van der Waals surface area (Å²) >= 11 is 1.67. The lowest BCUT2D eigenvalue weighted by atomic mass is 9.97. The van der Waals surface area contributed by atoms with Crippen LogP contribution in [0.2, 0.25) is 0 Å². The summed E-state index contributed by atoms with van der Waals surface area (Å²) in [5.41, 5.74) is 3.04. The van der Waals surface area contributed by atoms with Crippen LogP contribution in [0.25, 0.3) is 21.5 Å². The van der Waals surface area contributed by atoms with Crippen LogP contribution in [0.15, 0.2) is 57.0 Å². The Kier molecular flexibility index (Phi) is 4.20. The van der Waals surface area contributed by atoms with Crippen LogP contribution < -0.4 is 5.56 Å². The molecule has 0 radical (unpaired) electrons. The minimum atomic E-state index is -0.0645. The Bertz CT molecular complexity index is 1230. The van der Waals surface area contributed by atoms with Crippen LogP contribution in [0.3, 0.4) is 0 Å². The minimum absolute atomic E-state index is 0.0645. The van der Waals surface area contributed by atoms with E-state index in [1.54, 1.807) is 23.8 Å². The fourth-order valence-electron chi connectivity index (χ4n) is 3.73. The van der Waals surface area contributed by atoms with Gasteiger partial charge in [-0.2, -0.15) is 9.78 Å². The number of nitrogens with zero attached hydrogens (tertiary/aromatic N) is 3. The maximum atomic E-state index is 13.1. The molecule has 4 aromatic rings. The molecule has 0 saturated heterocycles. The van der Waals surface area contributed by atoms with E-state index in [-0.39, 0.29) is 5.56 Å². The standard InChI is InChI=1S/C22H19N3O2S/c1-14-24-21-20(17-5-2-3-7-19(17)28-21)22(26)25(14)23-13-15-8-10-16(11-9-15)18-6-4-12-27-18/h4,6,8-13H,2-3,5,7H2,1H3/b23-13+. The van der Waals surface area contributed by atoms with Gasteiger partial charge < -0.3 is 4.42 Å². The smallest absolute Gasteiger partial charge is 0.283 e. The molecule has 140 valence electrons. The van der Waals surface area contributed by atoms with E-state index < -0.39 is 0 Å². The lowest BCUT2D eigenvalue weighted by Gasteiger charge is -2.10. The molecule has 0 N–H and O–H groups in total. The predicted molar refractivity (Wildman–Crippen MR) is 112 cm³/mol. The van der Waals surface area contributed by atoms with Gasteiger partial charge in [0.2, 0.25) is 0 Å². The number of thiophene rings is 1. The van der Waals surface area contributed by atoms with E-state index >= 15 is 0 Å². The zero-order chi connectivity index (χ0) is 19.1. The van der Waals surface area contributed by atoms with Crippen LogP contribution in [-0.4, -0.2) is 15.9 Å². The second-order valence-corrected chi connectivity index (χ2v) is 8.09. The van der Waals surface area contributed by atoms with Crippen LogP contribution in [0.5, 0.6) is 0 Å². The number of fused-ring (bicyclic) bond motifs is 3. The average molecular weight is 389 g/mol. The number of aromatic nitrogens is 2. The van der Waals surface area contributed by atoms with E-state index in [4.69, 9.17) is 4.42 Å². The molecule has 1 aliphatic rings. The van der Waals surface area contributed by atoms with Gasteiger partial charge >= 0.3 is 0 Å². The molecule has 5 nitrogen and oxygen atoms in total. The Labute approximate surface area is 166 Å². The maximum Gasteiger partial charge on any atom is 0.283 e. The molecule has 0 aliphatic heterocycles. The van der Waals surface area contributed by atoms with E-state index in [1.807, 2.05) is 43.3 Å². The van der Waals surface area contributed by atoms with Gasteiger partial charge in [0.15, 0.2) is 0 Å². The Hall–Kier alpha value is -2.99. The number of hydrogen-bond donors (Lipinski definition) is 0. The predicted octanol–water partition coefficient (Wildman–Crippen LogP) is 4.79. The highest BCUT2D eigenvalue weighted by molar-refractivity contribution is 7.18. The number of furan rings is 1. The fourth-order valence-corrected chi connectivity index (χ4v) is 5.03. The van der Waals surface area contributed by atoms with Gasteiger partial charge in [-0.25, -0.2) is 4.98 Å². The van der Waals surface area contributed by atoms with Crippen molar-refractivity contribution in [2.75, 3.05) is 0 Å². The zero-order valence-electron chi connectivity index (χ0n) is 15.5. The summed E-state index contributed by atoms with van der Waals surface area (Å²) in [6.45, 7) is 1.83. The lowest BCUT2D eigenvalue weighted by molar-refractivity contribution is 0.582. The first kappa shape index (κ1) is 17.1. The van der Waals surface area contributed by atoms with Crippen LogP contribution in [0.1, 0.15) is 34.7 Å². The number of rotatable bonds is 3. The molecule has 0 saturated carbocycles. The van der Waals surface area contributed by atoms with E-state index in [1.165, 1.54) is 21.5 Å². The minimum Gasteiger partial charge on any atom is -0.464 e. The van der Waals surface area contributed by atoms with Gasteiger partial charge in [-0.15, -0.1) is 11.3 Å². The summed E-state index contributed by atoms with van der Waals surface area (Å²) in [6, 6.07) is 11.7. The first-order valence-corrected chi connectivity index (χ1v) is 10.2. The lowest BCUT2D eigenvalue weighted by Crippen LogP contribution is -2.21. The molecule has 0 atom stereocenters. The third kappa shape index (κ3) is 2.90. The second-order valence-electron chi connectivity index (χ2n) is 7.01. The summed E-state index contributed by atoms with van der Waals surface area (Å²) in [7, 11) is 0. The van der Waals surface area contributed by atoms with Crippen molar-refractivity contribution in [2.45, 2.75) is 32.6 Å². The molecular formula is C22H19N3O2S. The van der Waals surface area contributed by atoms with Crippen molar-refractivity contribution >= 4 is 27.8 Å². The van der Waals surface area contributed by atoms with Crippen molar-refractivity contribution in [2.24, 2.45) is 5.10 Å². The summed E-state index contributed by atoms with van der Waals surface area (Å²) < 4.78 is 6.83. The molecule has 28 heavy (non-hydrogen) atoms. The van der Waals surface area contributed by atoms with E-state index in [0.717, 1.165) is 46.4 Å². The van der Waals surface area contributed by atoms with Gasteiger partial charge in [0, 0.05) is 10.4 Å². The van der Waals surface area contributed by atoms with Gasteiger partial charge in [-0.05, 0) is 55.9 Å². The Balaban J connectivity index is 1.51. The normalized spacial score (nSPS) is 14.0. The molecule has 3 aromatic heterocycles. The molecule has 6 heteroatoms. The van der Waals surface area contributed by atoms with Crippen molar-refractivity contribution in [1.82, 2.24) is 9.66 Å². The van der Waals surface area contributed by atoms with Crippen LogP contribution >= 0.6 is 11.3 Å². The van der Waals surface area contributed by atoms with Crippen LogP contribution in [0, 0.1) is 6.92 Å². The SMILES string of the molecule is Cc1nc2sc3c(c2c(=O)n1/N=C/c1ccc(-c2ccco2)cc1)CCCC3. The molecule has 0 unspecified atom stereocenters. The van der Waals surface area contributed by atoms with Gasteiger partial charge in [0.25, 0.3) is 5.56 Å². The molecule has 0 fully saturated rings. The first-order chi connectivity index (χ1) is 13.7. The molecule has 0 spiro atoms. The quantitative estimate of drug-likeness (QED) is 0.474. The third-order valence-corrected chi connectivity index (χ3v) is 6.35. The van der Waals surface area contributed by atoms with Crippen LogP contribution in [-0.2, 0) is 12.8 Å². The topological polar surface area (TPSA) is 60.4 Å². The summed E-state index contributed by atoms with van der Waals surface area (Å²) in [5, 5.41) is 5.20. The highest BCUT2D eigenvalue weighted by atomic mass is 32.1. The molecular weight excluding hydrogens is 370 g/mol. The molecule has 1 aromatic carbocycles. The third-order valence-electron chi connectivity index (χ3n) is 5.17. The van der Waals surface area contributed by atoms with E-state index in [9.17, 15) is 4.79 Å². The van der Waals surface area contributed by atoms with Crippen molar-refractivity contribution in [3.63, 3.8) is 0 Å².